The van der Waals surface area contributed by atoms with Crippen molar-refractivity contribution in [3.05, 3.63) is 29.8 Å². The molecule has 0 saturated carbocycles. The van der Waals surface area contributed by atoms with Gasteiger partial charge in [0.25, 0.3) is 0 Å². The van der Waals surface area contributed by atoms with Crippen molar-refractivity contribution < 1.29 is 4.79 Å². The van der Waals surface area contributed by atoms with Gasteiger partial charge in [-0.25, -0.2) is 4.79 Å². The molecule has 22 heavy (non-hydrogen) atoms. The lowest BCUT2D eigenvalue weighted by atomic mass is 10.0. The van der Waals surface area contributed by atoms with Crippen LogP contribution in [0.3, 0.4) is 0 Å². The van der Waals surface area contributed by atoms with Gasteiger partial charge in [-0.05, 0) is 38.3 Å². The Kier molecular flexibility index (Phi) is 5.12. The number of carbonyl (C=O) groups is 1. The molecule has 1 fully saturated rings. The molecule has 1 saturated heterocycles. The summed E-state index contributed by atoms with van der Waals surface area (Å²) in [6.07, 6.45) is 0. The van der Waals surface area contributed by atoms with E-state index in [1.165, 1.54) is 5.56 Å². The summed E-state index contributed by atoms with van der Waals surface area (Å²) in [6.45, 7) is 14.4. The van der Waals surface area contributed by atoms with Gasteiger partial charge < -0.3 is 10.2 Å². The fourth-order valence-electron chi connectivity index (χ4n) is 2.89. The molecule has 1 N–H and O–H groups in total. The molecule has 1 aromatic carbocycles. The zero-order valence-corrected chi connectivity index (χ0v) is 14.5. The topological polar surface area (TPSA) is 35.6 Å². The molecule has 1 aliphatic rings. The molecule has 2 amide bonds. The SMILES string of the molecule is CC(C)c1ccccc1NC(=O)N1CCN(C(C)(C)C)CC1. The number of rotatable bonds is 2. The van der Waals surface area contributed by atoms with Crippen LogP contribution in [0.15, 0.2) is 24.3 Å². The molecular formula is C18H29N3O. The summed E-state index contributed by atoms with van der Waals surface area (Å²) in [5.74, 6) is 0.397. The first-order chi connectivity index (χ1) is 10.3. The van der Waals surface area contributed by atoms with Crippen LogP contribution in [0.4, 0.5) is 10.5 Å². The molecule has 0 spiro atoms. The van der Waals surface area contributed by atoms with E-state index in [9.17, 15) is 4.79 Å². The summed E-state index contributed by atoms with van der Waals surface area (Å²) >= 11 is 0. The van der Waals surface area contributed by atoms with Crippen molar-refractivity contribution in [2.45, 2.75) is 46.1 Å². The maximum Gasteiger partial charge on any atom is 0.321 e. The van der Waals surface area contributed by atoms with Gasteiger partial charge in [0.15, 0.2) is 0 Å². The van der Waals surface area contributed by atoms with Crippen LogP contribution in [-0.4, -0.2) is 47.5 Å². The van der Waals surface area contributed by atoms with Crippen LogP contribution >= 0.6 is 0 Å². The first-order valence-electron chi connectivity index (χ1n) is 8.19. The number of anilines is 1. The van der Waals surface area contributed by atoms with Crippen LogP contribution in [0.25, 0.3) is 0 Å². The van der Waals surface area contributed by atoms with Gasteiger partial charge in [0, 0.05) is 37.4 Å². The van der Waals surface area contributed by atoms with Crippen LogP contribution < -0.4 is 5.32 Å². The van der Waals surface area contributed by atoms with Crippen LogP contribution in [0.1, 0.15) is 46.1 Å². The second-order valence-corrected chi connectivity index (χ2v) is 7.32. The maximum atomic E-state index is 12.5. The Labute approximate surface area is 134 Å². The van der Waals surface area contributed by atoms with E-state index >= 15 is 0 Å². The third-order valence-electron chi connectivity index (χ3n) is 4.34. The molecule has 0 atom stereocenters. The molecule has 4 heteroatoms. The van der Waals surface area contributed by atoms with E-state index in [1.807, 2.05) is 23.1 Å². The molecular weight excluding hydrogens is 274 g/mol. The van der Waals surface area contributed by atoms with Crippen LogP contribution in [0.2, 0.25) is 0 Å². The van der Waals surface area contributed by atoms with Crippen molar-refractivity contribution in [1.82, 2.24) is 9.80 Å². The summed E-state index contributed by atoms with van der Waals surface area (Å²) in [7, 11) is 0. The van der Waals surface area contributed by atoms with Gasteiger partial charge in [-0.3, -0.25) is 4.90 Å². The van der Waals surface area contributed by atoms with Gasteiger partial charge in [-0.1, -0.05) is 32.0 Å². The largest absolute Gasteiger partial charge is 0.322 e. The molecule has 0 aliphatic carbocycles. The fourth-order valence-corrected chi connectivity index (χ4v) is 2.89. The molecule has 2 rings (SSSR count). The third-order valence-corrected chi connectivity index (χ3v) is 4.34. The molecule has 0 unspecified atom stereocenters. The van der Waals surface area contributed by atoms with Gasteiger partial charge in [0.05, 0.1) is 0 Å². The van der Waals surface area contributed by atoms with Crippen LogP contribution in [0, 0.1) is 0 Å². The van der Waals surface area contributed by atoms with E-state index in [4.69, 9.17) is 0 Å². The molecule has 0 aromatic heterocycles. The number of amides is 2. The summed E-state index contributed by atoms with van der Waals surface area (Å²) in [4.78, 5) is 16.8. The number of benzene rings is 1. The summed E-state index contributed by atoms with van der Waals surface area (Å²) in [5, 5.41) is 3.08. The van der Waals surface area contributed by atoms with Crippen molar-refractivity contribution in [3.63, 3.8) is 0 Å². The average Bonchev–Trinajstić information content (AvgIpc) is 2.46. The Hall–Kier alpha value is -1.55. The van der Waals surface area contributed by atoms with Crippen LogP contribution in [-0.2, 0) is 0 Å². The molecule has 0 radical (unpaired) electrons. The number of piperazine rings is 1. The Morgan fingerprint density at radius 3 is 2.23 bits per heavy atom. The van der Waals surface area contributed by atoms with Crippen molar-refractivity contribution in [2.75, 3.05) is 31.5 Å². The number of urea groups is 1. The van der Waals surface area contributed by atoms with Gasteiger partial charge in [0.1, 0.15) is 0 Å². The third kappa shape index (κ3) is 4.01. The Morgan fingerprint density at radius 2 is 1.68 bits per heavy atom. The minimum atomic E-state index is 0.0154. The van der Waals surface area contributed by atoms with E-state index in [0.29, 0.717) is 5.92 Å². The molecule has 1 aliphatic heterocycles. The second-order valence-electron chi connectivity index (χ2n) is 7.32. The standard InChI is InChI=1S/C18H29N3O/c1-14(2)15-8-6-7-9-16(15)19-17(22)20-10-12-21(13-11-20)18(3,4)5/h6-9,14H,10-13H2,1-5H3,(H,19,22). The van der Waals surface area contributed by atoms with Crippen molar-refractivity contribution in [3.8, 4) is 0 Å². The molecule has 4 nitrogen and oxygen atoms in total. The quantitative estimate of drug-likeness (QED) is 0.903. The Balaban J connectivity index is 1.97. The Bertz CT molecular complexity index is 511. The number of para-hydroxylation sites is 1. The first-order valence-corrected chi connectivity index (χ1v) is 8.19. The van der Waals surface area contributed by atoms with Crippen LogP contribution in [0.5, 0.6) is 0 Å². The zero-order valence-electron chi connectivity index (χ0n) is 14.5. The lowest BCUT2D eigenvalue weighted by Crippen LogP contribution is -2.55. The highest BCUT2D eigenvalue weighted by molar-refractivity contribution is 5.90. The van der Waals surface area contributed by atoms with E-state index in [1.54, 1.807) is 0 Å². The van der Waals surface area contributed by atoms with Crippen molar-refractivity contribution in [2.24, 2.45) is 0 Å². The summed E-state index contributed by atoms with van der Waals surface area (Å²) < 4.78 is 0. The highest BCUT2D eigenvalue weighted by Gasteiger charge is 2.27. The number of hydrogen-bond donors (Lipinski definition) is 1. The molecule has 122 valence electrons. The minimum Gasteiger partial charge on any atom is -0.322 e. The molecule has 1 heterocycles. The monoisotopic (exact) mass is 303 g/mol. The van der Waals surface area contributed by atoms with Crippen molar-refractivity contribution >= 4 is 11.7 Å². The van der Waals surface area contributed by atoms with E-state index in [2.05, 4.69) is 50.9 Å². The first kappa shape index (κ1) is 16.8. The smallest absolute Gasteiger partial charge is 0.321 e. The fraction of sp³-hybridized carbons (Fsp3) is 0.611. The lowest BCUT2D eigenvalue weighted by molar-refractivity contribution is 0.0774. The summed E-state index contributed by atoms with van der Waals surface area (Å²) in [6, 6.07) is 8.07. The minimum absolute atomic E-state index is 0.0154. The van der Waals surface area contributed by atoms with Gasteiger partial charge in [0.2, 0.25) is 0 Å². The highest BCUT2D eigenvalue weighted by atomic mass is 16.2. The van der Waals surface area contributed by atoms with Gasteiger partial charge in [-0.2, -0.15) is 0 Å². The highest BCUT2D eigenvalue weighted by Crippen LogP contribution is 2.24. The Morgan fingerprint density at radius 1 is 1.09 bits per heavy atom. The number of nitrogens with one attached hydrogen (secondary N) is 1. The van der Waals surface area contributed by atoms with Gasteiger partial charge in [-0.15, -0.1) is 0 Å². The second kappa shape index (κ2) is 6.69. The number of hydrogen-bond acceptors (Lipinski definition) is 2. The number of carbonyl (C=O) groups excluding carboxylic acids is 1. The zero-order chi connectivity index (χ0) is 16.3. The molecule has 1 aromatic rings. The van der Waals surface area contributed by atoms with Crippen molar-refractivity contribution in [1.29, 1.82) is 0 Å². The number of nitrogens with zero attached hydrogens (tertiary/aromatic N) is 2. The predicted octanol–water partition coefficient (Wildman–Crippen LogP) is 3.76. The van der Waals surface area contributed by atoms with E-state index < -0.39 is 0 Å². The lowest BCUT2D eigenvalue weighted by Gasteiger charge is -2.42. The van der Waals surface area contributed by atoms with E-state index in [0.717, 1.165) is 31.9 Å². The molecule has 0 bridgehead atoms. The summed E-state index contributed by atoms with van der Waals surface area (Å²) in [5.41, 5.74) is 2.29. The average molecular weight is 303 g/mol. The van der Waals surface area contributed by atoms with Gasteiger partial charge >= 0.3 is 6.03 Å². The predicted molar refractivity (Wildman–Crippen MR) is 92.4 cm³/mol. The maximum absolute atomic E-state index is 12.5. The normalized spacial score (nSPS) is 16.9. The van der Waals surface area contributed by atoms with E-state index in [-0.39, 0.29) is 11.6 Å².